The molecular weight excluding hydrogens is 308 g/mol. The Bertz CT molecular complexity index is 885. The molecule has 24 heavy (non-hydrogen) atoms. The van der Waals surface area contributed by atoms with Gasteiger partial charge in [-0.25, -0.2) is 9.88 Å². The van der Waals surface area contributed by atoms with Gasteiger partial charge in [-0.05, 0) is 38.8 Å². The number of nitrogens with zero attached hydrogens (tertiary/aromatic N) is 2. The number of fused-ring (bicyclic) bond motifs is 6. The van der Waals surface area contributed by atoms with Crippen molar-refractivity contribution in [3.63, 3.8) is 0 Å². The van der Waals surface area contributed by atoms with E-state index < -0.39 is 23.0 Å². The van der Waals surface area contributed by atoms with Crippen LogP contribution < -0.4 is 4.90 Å². The van der Waals surface area contributed by atoms with Gasteiger partial charge in [0.25, 0.3) is 0 Å². The second kappa shape index (κ2) is 4.06. The number of hydrogen-bond donors (Lipinski definition) is 0. The fourth-order valence-corrected chi connectivity index (χ4v) is 4.89. The van der Waals surface area contributed by atoms with E-state index in [1.54, 1.807) is 25.1 Å². The summed E-state index contributed by atoms with van der Waals surface area (Å²) in [6, 6.07) is 5.26. The van der Waals surface area contributed by atoms with E-state index >= 15 is 0 Å². The molecule has 4 heterocycles. The number of aryl methyl sites for hydroxylation is 1. The molecule has 2 amide bonds. The Morgan fingerprint density at radius 2 is 1.75 bits per heavy atom. The number of aromatic nitrogens is 1. The minimum absolute atomic E-state index is 0.161. The minimum Gasteiger partial charge on any atom is -0.441 e. The SMILES string of the molecule is Cc1nc2ccc(N3C(=O)[C@@H]4[C@H](C3=O)[C@@]3(C)CC[C@]4(C)O3)cc2o1. The normalized spacial score (nSPS) is 37.7. The van der Waals surface area contributed by atoms with E-state index in [1.165, 1.54) is 4.90 Å². The third-order valence-corrected chi connectivity index (χ3v) is 5.94. The Hall–Kier alpha value is -2.21. The molecule has 0 aliphatic carbocycles. The number of rotatable bonds is 1. The lowest BCUT2D eigenvalue weighted by molar-refractivity contribution is -0.129. The van der Waals surface area contributed by atoms with Crippen LogP contribution in [0.15, 0.2) is 22.6 Å². The van der Waals surface area contributed by atoms with E-state index in [1.807, 2.05) is 13.8 Å². The van der Waals surface area contributed by atoms with Gasteiger partial charge in [-0.15, -0.1) is 0 Å². The molecule has 2 aromatic rings. The Labute approximate surface area is 138 Å². The van der Waals surface area contributed by atoms with Crippen molar-refractivity contribution in [2.45, 2.75) is 44.8 Å². The number of oxazole rings is 1. The van der Waals surface area contributed by atoms with Crippen LogP contribution in [0.5, 0.6) is 0 Å². The molecule has 0 unspecified atom stereocenters. The number of anilines is 1. The lowest BCUT2D eigenvalue weighted by atomic mass is 9.69. The van der Waals surface area contributed by atoms with Crippen molar-refractivity contribution in [1.82, 2.24) is 4.98 Å². The summed E-state index contributed by atoms with van der Waals surface area (Å²) >= 11 is 0. The predicted octanol–water partition coefficient (Wildman–Crippen LogP) is 2.58. The first-order valence-electron chi connectivity index (χ1n) is 8.28. The highest BCUT2D eigenvalue weighted by Crippen LogP contribution is 2.60. The summed E-state index contributed by atoms with van der Waals surface area (Å²) in [5.74, 6) is -0.547. The predicted molar refractivity (Wildman–Crippen MR) is 85.3 cm³/mol. The van der Waals surface area contributed by atoms with Gasteiger partial charge in [-0.2, -0.15) is 0 Å². The van der Waals surface area contributed by atoms with Crippen molar-refractivity contribution < 1.29 is 18.7 Å². The maximum absolute atomic E-state index is 13.1. The van der Waals surface area contributed by atoms with Gasteiger partial charge < -0.3 is 9.15 Å². The number of imide groups is 1. The smallest absolute Gasteiger partial charge is 0.240 e. The van der Waals surface area contributed by atoms with Crippen LogP contribution >= 0.6 is 0 Å². The fourth-order valence-electron chi connectivity index (χ4n) is 4.89. The average molecular weight is 326 g/mol. The Morgan fingerprint density at radius 1 is 1.12 bits per heavy atom. The van der Waals surface area contributed by atoms with Crippen LogP contribution in [0.25, 0.3) is 11.1 Å². The molecule has 5 rings (SSSR count). The van der Waals surface area contributed by atoms with Gasteiger partial charge in [0.05, 0.1) is 28.7 Å². The van der Waals surface area contributed by atoms with Gasteiger partial charge in [-0.3, -0.25) is 9.59 Å². The number of carbonyl (C=O) groups excluding carboxylic acids is 2. The van der Waals surface area contributed by atoms with Gasteiger partial charge in [0.15, 0.2) is 11.5 Å². The van der Waals surface area contributed by atoms with Crippen molar-refractivity contribution in [3.8, 4) is 0 Å². The van der Waals surface area contributed by atoms with Crippen LogP contribution in [0.4, 0.5) is 5.69 Å². The van der Waals surface area contributed by atoms with Gasteiger partial charge in [0.2, 0.25) is 11.8 Å². The topological polar surface area (TPSA) is 72.6 Å². The number of carbonyl (C=O) groups is 2. The van der Waals surface area contributed by atoms with Crippen molar-refractivity contribution in [2.75, 3.05) is 4.90 Å². The molecule has 6 nitrogen and oxygen atoms in total. The van der Waals surface area contributed by atoms with Gasteiger partial charge in [0.1, 0.15) is 5.52 Å². The average Bonchev–Trinajstić information content (AvgIpc) is 3.17. The Morgan fingerprint density at radius 3 is 2.38 bits per heavy atom. The lowest BCUT2D eigenvalue weighted by Gasteiger charge is -2.27. The minimum atomic E-state index is -0.534. The van der Waals surface area contributed by atoms with E-state index in [9.17, 15) is 9.59 Å². The quantitative estimate of drug-likeness (QED) is 0.753. The first-order chi connectivity index (χ1) is 11.3. The molecule has 0 saturated carbocycles. The first-order valence-corrected chi connectivity index (χ1v) is 8.28. The number of amides is 2. The molecule has 3 saturated heterocycles. The van der Waals surface area contributed by atoms with Gasteiger partial charge in [-0.1, -0.05) is 0 Å². The molecule has 0 spiro atoms. The molecule has 2 bridgehead atoms. The zero-order chi connectivity index (χ0) is 16.9. The molecule has 3 fully saturated rings. The highest BCUT2D eigenvalue weighted by molar-refractivity contribution is 6.23. The fraction of sp³-hybridized carbons (Fsp3) is 0.500. The van der Waals surface area contributed by atoms with Crippen molar-refractivity contribution in [2.24, 2.45) is 11.8 Å². The van der Waals surface area contributed by atoms with Crippen LogP contribution in [-0.4, -0.2) is 28.0 Å². The lowest BCUT2D eigenvalue weighted by Crippen LogP contribution is -2.40. The van der Waals surface area contributed by atoms with E-state index in [-0.39, 0.29) is 11.8 Å². The van der Waals surface area contributed by atoms with Crippen molar-refractivity contribution in [1.29, 1.82) is 0 Å². The third-order valence-electron chi connectivity index (χ3n) is 5.94. The summed E-state index contributed by atoms with van der Waals surface area (Å²) in [5, 5.41) is 0. The molecule has 1 aromatic carbocycles. The first kappa shape index (κ1) is 14.2. The molecule has 6 heteroatoms. The summed E-state index contributed by atoms with van der Waals surface area (Å²) < 4.78 is 11.7. The number of benzene rings is 1. The van der Waals surface area contributed by atoms with Crippen LogP contribution in [0, 0.1) is 18.8 Å². The van der Waals surface area contributed by atoms with E-state index in [0.29, 0.717) is 17.2 Å². The Balaban J connectivity index is 1.62. The molecule has 3 aliphatic heterocycles. The Kier molecular flexibility index (Phi) is 2.39. The summed E-state index contributed by atoms with van der Waals surface area (Å²) in [6.07, 6.45) is 1.63. The van der Waals surface area contributed by atoms with Crippen LogP contribution in [0.3, 0.4) is 0 Å². The van der Waals surface area contributed by atoms with E-state index in [4.69, 9.17) is 9.15 Å². The largest absolute Gasteiger partial charge is 0.441 e. The van der Waals surface area contributed by atoms with Crippen LogP contribution in [0.1, 0.15) is 32.6 Å². The molecular formula is C18H18N2O4. The monoisotopic (exact) mass is 326 g/mol. The third kappa shape index (κ3) is 1.52. The second-order valence-corrected chi connectivity index (χ2v) is 7.58. The zero-order valence-corrected chi connectivity index (χ0v) is 13.8. The maximum Gasteiger partial charge on any atom is 0.240 e. The second-order valence-electron chi connectivity index (χ2n) is 7.58. The summed E-state index contributed by atoms with van der Waals surface area (Å²) in [6.45, 7) is 5.69. The zero-order valence-electron chi connectivity index (χ0n) is 13.8. The summed E-state index contributed by atoms with van der Waals surface area (Å²) in [4.78, 5) is 31.7. The molecule has 3 aliphatic rings. The summed E-state index contributed by atoms with van der Waals surface area (Å²) in [7, 11) is 0. The van der Waals surface area contributed by atoms with Crippen LogP contribution in [-0.2, 0) is 14.3 Å². The standard InChI is InChI=1S/C18H18N2O4/c1-9-19-11-5-4-10(8-12(11)23-9)20-15(21)13-14(16(20)22)18(3)7-6-17(13,2)24-18/h4-5,8,13-14H,6-7H2,1-3H3/t13-,14+,17-,18+. The summed E-state index contributed by atoms with van der Waals surface area (Å²) in [5.41, 5.74) is 0.786. The van der Waals surface area contributed by atoms with Gasteiger partial charge >= 0.3 is 0 Å². The highest BCUT2D eigenvalue weighted by atomic mass is 16.5. The van der Waals surface area contributed by atoms with E-state index in [0.717, 1.165) is 18.4 Å². The number of hydrogen-bond acceptors (Lipinski definition) is 5. The number of ether oxygens (including phenoxy) is 1. The van der Waals surface area contributed by atoms with Crippen molar-refractivity contribution >= 4 is 28.6 Å². The van der Waals surface area contributed by atoms with Crippen molar-refractivity contribution in [3.05, 3.63) is 24.1 Å². The highest BCUT2D eigenvalue weighted by Gasteiger charge is 2.72. The molecule has 0 N–H and O–H groups in total. The molecule has 0 radical (unpaired) electrons. The van der Waals surface area contributed by atoms with Gasteiger partial charge in [0, 0.05) is 13.0 Å². The van der Waals surface area contributed by atoms with E-state index in [2.05, 4.69) is 4.98 Å². The molecule has 124 valence electrons. The maximum atomic E-state index is 13.1. The molecule has 1 aromatic heterocycles. The molecule has 4 atom stereocenters. The van der Waals surface area contributed by atoms with Crippen LogP contribution in [0.2, 0.25) is 0 Å².